The fourth-order valence-electron chi connectivity index (χ4n) is 1.99. The maximum absolute atomic E-state index is 12.0. The number of amides is 1. The zero-order valence-corrected chi connectivity index (χ0v) is 13.2. The van der Waals surface area contributed by atoms with Crippen LogP contribution in [0.3, 0.4) is 0 Å². The molecule has 0 aliphatic carbocycles. The second kappa shape index (κ2) is 6.41. The molecule has 0 spiro atoms. The smallest absolute Gasteiger partial charge is 0.267 e. The quantitative estimate of drug-likeness (QED) is 0.784. The molecule has 3 N–H and O–H groups in total. The van der Waals surface area contributed by atoms with Crippen molar-refractivity contribution in [2.24, 2.45) is 5.92 Å². The Morgan fingerprint density at radius 1 is 1.40 bits per heavy atom. The van der Waals surface area contributed by atoms with Crippen LogP contribution in [0.2, 0.25) is 0 Å². The van der Waals surface area contributed by atoms with Crippen molar-refractivity contribution >= 4 is 32.7 Å². The first-order chi connectivity index (χ1) is 9.47. The highest BCUT2D eigenvalue weighted by molar-refractivity contribution is 9.10. The van der Waals surface area contributed by atoms with Gasteiger partial charge >= 0.3 is 0 Å². The van der Waals surface area contributed by atoms with Crippen LogP contribution in [-0.2, 0) is 0 Å². The number of nitrogens with one attached hydrogen (secondary N) is 2. The number of carbonyl (C=O) groups excluding carboxylic acids is 1. The average molecular weight is 339 g/mol. The van der Waals surface area contributed by atoms with Gasteiger partial charge in [-0.1, -0.05) is 29.8 Å². The Labute approximate surface area is 126 Å². The van der Waals surface area contributed by atoms with Gasteiger partial charge in [-0.05, 0) is 36.6 Å². The van der Waals surface area contributed by atoms with Crippen LogP contribution in [0.1, 0.15) is 30.8 Å². The van der Waals surface area contributed by atoms with Crippen molar-refractivity contribution in [1.29, 1.82) is 0 Å². The fourth-order valence-corrected chi connectivity index (χ4v) is 2.37. The number of rotatable bonds is 5. The van der Waals surface area contributed by atoms with Crippen LogP contribution < -0.4 is 5.32 Å². The molecule has 108 valence electrons. The van der Waals surface area contributed by atoms with E-state index in [0.29, 0.717) is 18.7 Å². The molecular weight excluding hydrogens is 320 g/mol. The molecule has 1 unspecified atom stereocenters. The minimum absolute atomic E-state index is 0.145. The summed E-state index contributed by atoms with van der Waals surface area (Å²) in [5.74, 6) is 0.0607. The number of fused-ring (bicyclic) bond motifs is 1. The van der Waals surface area contributed by atoms with Gasteiger partial charge in [-0.15, -0.1) is 0 Å². The number of aliphatic hydroxyl groups excluding tert-OH is 1. The highest BCUT2D eigenvalue weighted by atomic mass is 79.9. The molecule has 1 heterocycles. The first kappa shape index (κ1) is 15.1. The second-order valence-corrected chi connectivity index (χ2v) is 6.19. The number of H-pyrrole nitrogens is 1. The van der Waals surface area contributed by atoms with Gasteiger partial charge in [0.05, 0.1) is 6.10 Å². The molecule has 5 heteroatoms. The maximum atomic E-state index is 12.0. The minimum Gasteiger partial charge on any atom is -0.393 e. The lowest BCUT2D eigenvalue weighted by Crippen LogP contribution is -2.28. The SMILES string of the molecule is CC(C)C(O)CCNC(=O)c1cc2cc(Br)ccc2[nH]1. The van der Waals surface area contributed by atoms with Gasteiger partial charge < -0.3 is 15.4 Å². The first-order valence-corrected chi connectivity index (χ1v) is 7.51. The third kappa shape index (κ3) is 3.61. The number of benzene rings is 1. The Balaban J connectivity index is 1.97. The molecule has 0 saturated heterocycles. The number of hydrogen-bond acceptors (Lipinski definition) is 2. The maximum Gasteiger partial charge on any atom is 0.267 e. The molecule has 2 rings (SSSR count). The number of aromatic nitrogens is 1. The van der Waals surface area contributed by atoms with E-state index in [9.17, 15) is 9.90 Å². The van der Waals surface area contributed by atoms with Crippen molar-refractivity contribution in [2.75, 3.05) is 6.54 Å². The zero-order chi connectivity index (χ0) is 14.7. The summed E-state index contributed by atoms with van der Waals surface area (Å²) in [6.07, 6.45) is 0.184. The summed E-state index contributed by atoms with van der Waals surface area (Å²) in [4.78, 5) is 15.1. The average Bonchev–Trinajstić information content (AvgIpc) is 2.81. The molecule has 1 atom stereocenters. The third-order valence-corrected chi connectivity index (χ3v) is 3.82. The lowest BCUT2D eigenvalue weighted by molar-refractivity contribution is 0.0916. The molecule has 1 aromatic heterocycles. The summed E-state index contributed by atoms with van der Waals surface area (Å²) >= 11 is 3.41. The number of hydrogen-bond donors (Lipinski definition) is 3. The number of halogens is 1. The van der Waals surface area contributed by atoms with Crippen molar-refractivity contribution in [1.82, 2.24) is 10.3 Å². The summed E-state index contributed by atoms with van der Waals surface area (Å²) < 4.78 is 0.982. The predicted molar refractivity (Wildman–Crippen MR) is 83.8 cm³/mol. The molecule has 0 radical (unpaired) electrons. The Bertz CT molecular complexity index is 607. The lowest BCUT2D eigenvalue weighted by atomic mass is 10.0. The van der Waals surface area contributed by atoms with Gasteiger partial charge in [0.25, 0.3) is 5.91 Å². The standard InChI is InChI=1S/C15H19BrN2O2/c1-9(2)14(19)5-6-17-15(20)13-8-10-7-11(16)3-4-12(10)18-13/h3-4,7-9,14,18-19H,5-6H2,1-2H3,(H,17,20). The van der Waals surface area contributed by atoms with Gasteiger partial charge in [-0.2, -0.15) is 0 Å². The van der Waals surface area contributed by atoms with Crippen molar-refractivity contribution in [3.8, 4) is 0 Å². The van der Waals surface area contributed by atoms with Crippen molar-refractivity contribution in [2.45, 2.75) is 26.4 Å². The molecule has 0 fully saturated rings. The molecule has 1 aromatic carbocycles. The van der Waals surface area contributed by atoms with Gasteiger partial charge in [0, 0.05) is 21.9 Å². The van der Waals surface area contributed by atoms with Crippen LogP contribution in [0.25, 0.3) is 10.9 Å². The molecular formula is C15H19BrN2O2. The van der Waals surface area contributed by atoms with Crippen LogP contribution in [0.15, 0.2) is 28.7 Å². The number of aliphatic hydroxyl groups is 1. The molecule has 0 saturated carbocycles. The highest BCUT2D eigenvalue weighted by Gasteiger charge is 2.12. The topological polar surface area (TPSA) is 65.1 Å². The van der Waals surface area contributed by atoms with E-state index in [1.807, 2.05) is 38.1 Å². The van der Waals surface area contributed by atoms with Crippen LogP contribution in [0.4, 0.5) is 0 Å². The first-order valence-electron chi connectivity index (χ1n) is 6.72. The van der Waals surface area contributed by atoms with E-state index in [4.69, 9.17) is 0 Å². The molecule has 0 bridgehead atoms. The van der Waals surface area contributed by atoms with Gasteiger partial charge in [-0.25, -0.2) is 0 Å². The second-order valence-electron chi connectivity index (χ2n) is 5.27. The van der Waals surface area contributed by atoms with E-state index in [-0.39, 0.29) is 17.9 Å². The van der Waals surface area contributed by atoms with E-state index >= 15 is 0 Å². The normalized spacial score (nSPS) is 12.8. The largest absolute Gasteiger partial charge is 0.393 e. The molecule has 2 aromatic rings. The van der Waals surface area contributed by atoms with Gasteiger partial charge in [0.2, 0.25) is 0 Å². The Morgan fingerprint density at radius 2 is 2.15 bits per heavy atom. The summed E-state index contributed by atoms with van der Waals surface area (Å²) in [6.45, 7) is 4.39. The van der Waals surface area contributed by atoms with Crippen LogP contribution >= 0.6 is 15.9 Å². The molecule has 0 aliphatic rings. The number of carbonyl (C=O) groups is 1. The van der Waals surface area contributed by atoms with E-state index in [2.05, 4.69) is 26.2 Å². The molecule has 4 nitrogen and oxygen atoms in total. The minimum atomic E-state index is -0.381. The van der Waals surface area contributed by atoms with E-state index in [0.717, 1.165) is 15.4 Å². The summed E-state index contributed by atoms with van der Waals surface area (Å²) in [6, 6.07) is 7.65. The molecule has 20 heavy (non-hydrogen) atoms. The third-order valence-electron chi connectivity index (χ3n) is 3.32. The fraction of sp³-hybridized carbons (Fsp3) is 0.400. The van der Waals surface area contributed by atoms with E-state index in [1.165, 1.54) is 0 Å². The van der Waals surface area contributed by atoms with Crippen molar-refractivity contribution in [3.63, 3.8) is 0 Å². The monoisotopic (exact) mass is 338 g/mol. The summed E-state index contributed by atoms with van der Waals surface area (Å²) in [5, 5.41) is 13.5. The van der Waals surface area contributed by atoms with Gasteiger partial charge in [0.1, 0.15) is 5.69 Å². The molecule has 1 amide bonds. The van der Waals surface area contributed by atoms with E-state index < -0.39 is 0 Å². The van der Waals surface area contributed by atoms with Crippen molar-refractivity contribution in [3.05, 3.63) is 34.4 Å². The summed E-state index contributed by atoms with van der Waals surface area (Å²) in [5.41, 5.74) is 1.47. The Morgan fingerprint density at radius 3 is 2.85 bits per heavy atom. The van der Waals surface area contributed by atoms with E-state index in [1.54, 1.807) is 0 Å². The predicted octanol–water partition coefficient (Wildman–Crippen LogP) is 3.07. The Kier molecular flexibility index (Phi) is 4.83. The zero-order valence-electron chi connectivity index (χ0n) is 11.6. The summed E-state index contributed by atoms with van der Waals surface area (Å²) in [7, 11) is 0. The van der Waals surface area contributed by atoms with Gasteiger partial charge in [-0.3, -0.25) is 4.79 Å². The van der Waals surface area contributed by atoms with Crippen LogP contribution in [0.5, 0.6) is 0 Å². The van der Waals surface area contributed by atoms with Crippen LogP contribution in [-0.4, -0.2) is 28.6 Å². The van der Waals surface area contributed by atoms with Crippen LogP contribution in [0, 0.1) is 5.92 Å². The van der Waals surface area contributed by atoms with Gasteiger partial charge in [0.15, 0.2) is 0 Å². The lowest BCUT2D eigenvalue weighted by Gasteiger charge is -2.14. The number of aromatic amines is 1. The highest BCUT2D eigenvalue weighted by Crippen LogP contribution is 2.20. The Hall–Kier alpha value is -1.33. The van der Waals surface area contributed by atoms with Crippen molar-refractivity contribution < 1.29 is 9.90 Å². The molecule has 0 aliphatic heterocycles.